The molecule has 2 aromatic rings. The molecule has 142 valence electrons. The molecule has 0 atom stereocenters. The van der Waals surface area contributed by atoms with E-state index in [0.29, 0.717) is 5.78 Å². The topological polar surface area (TPSA) is 90.3 Å². The van der Waals surface area contributed by atoms with Crippen LogP contribution < -0.4 is 0 Å². The van der Waals surface area contributed by atoms with Gasteiger partial charge in [0.15, 0.2) is 5.78 Å². The van der Waals surface area contributed by atoms with Gasteiger partial charge in [0.05, 0.1) is 0 Å². The van der Waals surface area contributed by atoms with E-state index in [1.165, 1.54) is 5.56 Å². The van der Waals surface area contributed by atoms with E-state index in [0.717, 1.165) is 31.4 Å². The van der Waals surface area contributed by atoms with E-state index in [4.69, 9.17) is 19.2 Å². The van der Waals surface area contributed by atoms with Gasteiger partial charge >= 0.3 is 12.3 Å². The predicted octanol–water partition coefficient (Wildman–Crippen LogP) is 3.48. The SMILES string of the molecule is CC(C)C(=O)C1(n2cccc2-c2ccccc2)CCCC1.O=C=O.O=C=O. The molecular weight excluding hydrogens is 346 g/mol. The van der Waals surface area contributed by atoms with Crippen LogP contribution >= 0.6 is 0 Å². The molecule has 1 heterocycles. The van der Waals surface area contributed by atoms with Crippen molar-refractivity contribution in [1.29, 1.82) is 0 Å². The molecule has 1 aromatic carbocycles. The Kier molecular flexibility index (Phi) is 8.80. The lowest BCUT2D eigenvalue weighted by Crippen LogP contribution is -2.41. The highest BCUT2D eigenvalue weighted by Crippen LogP contribution is 2.42. The van der Waals surface area contributed by atoms with Crippen molar-refractivity contribution in [2.75, 3.05) is 0 Å². The highest BCUT2D eigenvalue weighted by atomic mass is 16.2. The van der Waals surface area contributed by atoms with Crippen LogP contribution in [0.25, 0.3) is 11.3 Å². The zero-order valence-electron chi connectivity index (χ0n) is 15.5. The van der Waals surface area contributed by atoms with E-state index >= 15 is 0 Å². The van der Waals surface area contributed by atoms with E-state index in [-0.39, 0.29) is 23.8 Å². The molecule has 6 nitrogen and oxygen atoms in total. The number of carbonyl (C=O) groups is 1. The molecule has 1 fully saturated rings. The zero-order valence-corrected chi connectivity index (χ0v) is 15.5. The van der Waals surface area contributed by atoms with Gasteiger partial charge in [0.1, 0.15) is 5.54 Å². The van der Waals surface area contributed by atoms with Crippen molar-refractivity contribution in [2.45, 2.75) is 45.1 Å². The van der Waals surface area contributed by atoms with Crippen LogP contribution in [0.3, 0.4) is 0 Å². The van der Waals surface area contributed by atoms with Crippen LogP contribution in [0.4, 0.5) is 0 Å². The number of carbonyl (C=O) groups excluding carboxylic acids is 5. The fraction of sp³-hybridized carbons (Fsp3) is 0.381. The minimum absolute atomic E-state index is 0.0779. The second-order valence-corrected chi connectivity index (χ2v) is 6.55. The lowest BCUT2D eigenvalue weighted by Gasteiger charge is -2.33. The van der Waals surface area contributed by atoms with Gasteiger partial charge in [-0.15, -0.1) is 0 Å². The first-order valence-electron chi connectivity index (χ1n) is 8.74. The lowest BCUT2D eigenvalue weighted by molar-refractivity contribution is -0.193. The minimum Gasteiger partial charge on any atom is -0.334 e. The van der Waals surface area contributed by atoms with Crippen molar-refractivity contribution in [2.24, 2.45) is 5.92 Å². The van der Waals surface area contributed by atoms with Gasteiger partial charge in [0.2, 0.25) is 0 Å². The Morgan fingerprint density at radius 3 is 1.93 bits per heavy atom. The van der Waals surface area contributed by atoms with Gasteiger partial charge in [0, 0.05) is 17.8 Å². The molecule has 3 rings (SSSR count). The maximum Gasteiger partial charge on any atom is 0.373 e. The third-order valence-electron chi connectivity index (χ3n) is 4.69. The number of ketones is 1. The van der Waals surface area contributed by atoms with Gasteiger partial charge in [-0.1, -0.05) is 57.0 Å². The van der Waals surface area contributed by atoms with E-state index in [1.54, 1.807) is 0 Å². The van der Waals surface area contributed by atoms with Crippen molar-refractivity contribution in [3.63, 3.8) is 0 Å². The molecular formula is C21H23NO5. The van der Waals surface area contributed by atoms with Crippen LogP contribution in [0.5, 0.6) is 0 Å². The Bertz CT molecular complexity index is 777. The van der Waals surface area contributed by atoms with E-state index in [2.05, 4.69) is 47.2 Å². The van der Waals surface area contributed by atoms with Crippen molar-refractivity contribution in [3.8, 4) is 11.3 Å². The molecule has 0 saturated heterocycles. The van der Waals surface area contributed by atoms with Crippen LogP contribution in [0.15, 0.2) is 48.7 Å². The van der Waals surface area contributed by atoms with E-state index in [1.807, 2.05) is 19.9 Å². The highest BCUT2D eigenvalue weighted by molar-refractivity contribution is 5.89. The molecule has 0 radical (unpaired) electrons. The van der Waals surface area contributed by atoms with Gasteiger partial charge in [-0.3, -0.25) is 4.79 Å². The molecule has 0 bridgehead atoms. The Hall–Kier alpha value is -3.07. The molecule has 1 aromatic heterocycles. The number of Topliss-reactive ketones (excluding diaryl/α,β-unsaturated/α-hetero) is 1. The molecule has 1 aliphatic carbocycles. The average molecular weight is 369 g/mol. The van der Waals surface area contributed by atoms with Gasteiger partial charge in [-0.05, 0) is 30.5 Å². The summed E-state index contributed by atoms with van der Waals surface area (Å²) < 4.78 is 2.25. The van der Waals surface area contributed by atoms with Crippen LogP contribution in [-0.2, 0) is 29.5 Å². The summed E-state index contributed by atoms with van der Waals surface area (Å²) in [5.74, 6) is 0.461. The van der Waals surface area contributed by atoms with Crippen LogP contribution in [-0.4, -0.2) is 22.7 Å². The first kappa shape index (κ1) is 22.0. The van der Waals surface area contributed by atoms with Crippen LogP contribution in [0.1, 0.15) is 39.5 Å². The largest absolute Gasteiger partial charge is 0.373 e. The molecule has 6 heteroatoms. The zero-order chi connectivity index (χ0) is 20.3. The summed E-state index contributed by atoms with van der Waals surface area (Å²) in [6.45, 7) is 4.04. The first-order chi connectivity index (χ1) is 13.0. The van der Waals surface area contributed by atoms with Crippen molar-refractivity contribution >= 4 is 18.1 Å². The number of hydrogen-bond donors (Lipinski definition) is 0. The molecule has 0 spiro atoms. The van der Waals surface area contributed by atoms with Crippen LogP contribution in [0.2, 0.25) is 0 Å². The molecule has 0 amide bonds. The molecule has 1 aliphatic rings. The first-order valence-corrected chi connectivity index (χ1v) is 8.74. The molecule has 0 N–H and O–H groups in total. The maximum atomic E-state index is 12.9. The Labute approximate surface area is 158 Å². The Balaban J connectivity index is 0.000000540. The van der Waals surface area contributed by atoms with Crippen molar-refractivity contribution in [3.05, 3.63) is 48.7 Å². The normalized spacial score (nSPS) is 14.0. The van der Waals surface area contributed by atoms with E-state index < -0.39 is 0 Å². The fourth-order valence-electron chi connectivity index (χ4n) is 3.70. The second-order valence-electron chi connectivity index (χ2n) is 6.55. The standard InChI is InChI=1S/C19H23NO.2CO2/c1-15(2)18(21)19(12-6-7-13-19)20-14-8-11-17(20)16-9-4-3-5-10-16;2*2-1-3/h3-5,8-11,14-15H,6-7,12-13H2,1-2H3;;. The summed E-state index contributed by atoms with van der Waals surface area (Å²) in [4.78, 5) is 45.4. The number of nitrogens with zero attached hydrogens (tertiary/aromatic N) is 1. The second kappa shape index (κ2) is 10.8. The lowest BCUT2D eigenvalue weighted by atomic mass is 9.85. The van der Waals surface area contributed by atoms with Gasteiger partial charge in [0.25, 0.3) is 0 Å². The number of rotatable bonds is 4. The average Bonchev–Trinajstić information content (AvgIpc) is 3.33. The summed E-state index contributed by atoms with van der Waals surface area (Å²) >= 11 is 0. The predicted molar refractivity (Wildman–Crippen MR) is 96.2 cm³/mol. The maximum absolute atomic E-state index is 12.9. The number of aromatic nitrogens is 1. The summed E-state index contributed by atoms with van der Waals surface area (Å²) in [7, 11) is 0. The smallest absolute Gasteiger partial charge is 0.334 e. The van der Waals surface area contributed by atoms with Gasteiger partial charge < -0.3 is 4.57 Å². The molecule has 27 heavy (non-hydrogen) atoms. The van der Waals surface area contributed by atoms with E-state index in [9.17, 15) is 4.79 Å². The minimum atomic E-state index is -0.331. The molecule has 1 saturated carbocycles. The van der Waals surface area contributed by atoms with Crippen molar-refractivity contribution in [1.82, 2.24) is 4.57 Å². The monoisotopic (exact) mass is 369 g/mol. The summed E-state index contributed by atoms with van der Waals surface area (Å²) in [6.07, 6.45) is 6.82. The summed E-state index contributed by atoms with van der Waals surface area (Å²) in [6, 6.07) is 14.6. The quantitative estimate of drug-likeness (QED) is 0.823. The Morgan fingerprint density at radius 1 is 0.926 bits per heavy atom. The number of benzene rings is 1. The third kappa shape index (κ3) is 5.20. The highest BCUT2D eigenvalue weighted by Gasteiger charge is 2.44. The summed E-state index contributed by atoms with van der Waals surface area (Å²) in [5, 5.41) is 0. The molecule has 0 unspecified atom stereocenters. The fourth-order valence-corrected chi connectivity index (χ4v) is 3.70. The van der Waals surface area contributed by atoms with Crippen LogP contribution in [0, 0.1) is 5.92 Å². The van der Waals surface area contributed by atoms with Gasteiger partial charge in [-0.2, -0.15) is 19.2 Å². The van der Waals surface area contributed by atoms with Gasteiger partial charge in [-0.25, -0.2) is 0 Å². The third-order valence-corrected chi connectivity index (χ3v) is 4.69. The molecule has 0 aliphatic heterocycles. The Morgan fingerprint density at radius 2 is 1.44 bits per heavy atom. The summed E-state index contributed by atoms with van der Waals surface area (Å²) in [5.41, 5.74) is 2.01. The van der Waals surface area contributed by atoms with Crippen molar-refractivity contribution < 1.29 is 24.0 Å². The number of hydrogen-bond acceptors (Lipinski definition) is 5.